The Morgan fingerprint density at radius 1 is 1.27 bits per heavy atom. The molecule has 1 rings (SSSR count). The highest BCUT2D eigenvalue weighted by Gasteiger charge is 2.38. The number of hydrogen-bond donors (Lipinski definition) is 1. The first-order valence-corrected chi connectivity index (χ1v) is 9.81. The highest BCUT2D eigenvalue weighted by Crippen LogP contribution is 2.18. The number of carbonyl (C=O) groups is 1. The number of carbonyl (C=O) groups excluding carboxylic acids is 1. The number of amides is 1. The monoisotopic (exact) mass is 334 g/mol. The zero-order chi connectivity index (χ0) is 16.8. The van der Waals surface area contributed by atoms with E-state index in [4.69, 9.17) is 4.74 Å². The van der Waals surface area contributed by atoms with Gasteiger partial charge in [0, 0.05) is 19.6 Å². The van der Waals surface area contributed by atoms with Crippen molar-refractivity contribution < 1.29 is 17.9 Å². The Kier molecular flexibility index (Phi) is 7.12. The van der Waals surface area contributed by atoms with Crippen LogP contribution in [0.2, 0.25) is 0 Å². The van der Waals surface area contributed by atoms with Gasteiger partial charge in [-0.2, -0.15) is 0 Å². The molecule has 1 amide bonds. The van der Waals surface area contributed by atoms with Gasteiger partial charge >= 0.3 is 6.09 Å². The lowest BCUT2D eigenvalue weighted by Crippen LogP contribution is -2.58. The van der Waals surface area contributed by atoms with E-state index in [1.807, 2.05) is 0 Å². The van der Waals surface area contributed by atoms with Crippen LogP contribution in [-0.2, 0) is 14.6 Å². The van der Waals surface area contributed by atoms with E-state index < -0.39 is 26.9 Å². The molecule has 1 atom stereocenters. The van der Waals surface area contributed by atoms with Gasteiger partial charge in [-0.25, -0.2) is 13.2 Å². The molecule has 1 heterocycles. The lowest BCUT2D eigenvalue weighted by Gasteiger charge is -2.36. The van der Waals surface area contributed by atoms with Gasteiger partial charge in [0.15, 0.2) is 9.84 Å². The first kappa shape index (κ1) is 19.2. The van der Waals surface area contributed by atoms with Crippen molar-refractivity contribution in [3.05, 3.63) is 0 Å². The fourth-order valence-corrected chi connectivity index (χ4v) is 4.23. The van der Waals surface area contributed by atoms with Crippen molar-refractivity contribution >= 4 is 15.9 Å². The van der Waals surface area contributed by atoms with Gasteiger partial charge in [0.05, 0.1) is 5.75 Å². The molecule has 1 fully saturated rings. The van der Waals surface area contributed by atoms with Crippen LogP contribution in [-0.4, -0.2) is 55.8 Å². The van der Waals surface area contributed by atoms with E-state index >= 15 is 0 Å². The lowest BCUT2D eigenvalue weighted by molar-refractivity contribution is 0.0193. The molecule has 22 heavy (non-hydrogen) atoms. The van der Waals surface area contributed by atoms with Crippen LogP contribution < -0.4 is 5.32 Å². The van der Waals surface area contributed by atoms with Crippen molar-refractivity contribution in [3.63, 3.8) is 0 Å². The summed E-state index contributed by atoms with van der Waals surface area (Å²) < 4.78 is 30.4. The number of nitrogens with one attached hydrogen (secondary N) is 1. The Bertz CT molecular complexity index is 457. The van der Waals surface area contributed by atoms with Gasteiger partial charge in [-0.05, 0) is 27.2 Å². The van der Waals surface area contributed by atoms with Crippen molar-refractivity contribution in [3.8, 4) is 0 Å². The molecule has 0 aliphatic carbocycles. The maximum Gasteiger partial charge on any atom is 0.411 e. The number of nitrogens with zero attached hydrogens (tertiary/aromatic N) is 1. The smallest absolute Gasteiger partial charge is 0.411 e. The normalized spacial score (nSPS) is 20.0. The minimum atomic E-state index is -3.35. The lowest BCUT2D eigenvalue weighted by atomic mass is 10.2. The van der Waals surface area contributed by atoms with Gasteiger partial charge in [0.1, 0.15) is 11.0 Å². The van der Waals surface area contributed by atoms with E-state index in [0.717, 1.165) is 19.3 Å². The molecule has 0 aromatic rings. The summed E-state index contributed by atoms with van der Waals surface area (Å²) in [4.78, 5) is 13.6. The largest absolute Gasteiger partial charge is 0.444 e. The van der Waals surface area contributed by atoms with Crippen LogP contribution in [0, 0.1) is 0 Å². The Morgan fingerprint density at radius 3 is 2.55 bits per heavy atom. The quantitative estimate of drug-likeness (QED) is 0.753. The standard InChI is InChI=1S/C15H30N2O4S/c1-5-6-7-8-11-22(19,20)13-12-16-9-10-17(13)14(18)21-15(2,3)4/h13,16H,5-12H2,1-4H3. The molecule has 130 valence electrons. The van der Waals surface area contributed by atoms with Crippen LogP contribution in [0.25, 0.3) is 0 Å². The molecule has 0 spiro atoms. The van der Waals surface area contributed by atoms with Crippen molar-refractivity contribution in [1.29, 1.82) is 0 Å². The molecule has 6 nitrogen and oxygen atoms in total. The van der Waals surface area contributed by atoms with E-state index in [-0.39, 0.29) is 12.3 Å². The third-order valence-electron chi connectivity index (χ3n) is 3.52. The Balaban J connectivity index is 2.73. The van der Waals surface area contributed by atoms with Gasteiger partial charge in [-0.15, -0.1) is 0 Å². The SMILES string of the molecule is CCCCCCS(=O)(=O)C1CNCCN1C(=O)OC(C)(C)C. The number of sulfone groups is 1. The Hall–Kier alpha value is -0.820. The topological polar surface area (TPSA) is 75.7 Å². The van der Waals surface area contributed by atoms with E-state index in [9.17, 15) is 13.2 Å². The predicted molar refractivity (Wildman–Crippen MR) is 87.5 cm³/mol. The first-order chi connectivity index (χ1) is 10.2. The molecule has 0 radical (unpaired) electrons. The number of rotatable bonds is 6. The van der Waals surface area contributed by atoms with Crippen LogP contribution >= 0.6 is 0 Å². The molecule has 1 N–H and O–H groups in total. The number of piperazine rings is 1. The number of hydrogen-bond acceptors (Lipinski definition) is 5. The van der Waals surface area contributed by atoms with Gasteiger partial charge in [0.2, 0.25) is 0 Å². The average Bonchev–Trinajstić information content (AvgIpc) is 2.42. The third kappa shape index (κ3) is 6.12. The summed E-state index contributed by atoms with van der Waals surface area (Å²) in [6.07, 6.45) is 3.11. The predicted octanol–water partition coefficient (Wildman–Crippen LogP) is 2.15. The van der Waals surface area contributed by atoms with Gasteiger partial charge in [-0.1, -0.05) is 26.2 Å². The summed E-state index contributed by atoms with van der Waals surface area (Å²) in [6.45, 7) is 8.64. The summed E-state index contributed by atoms with van der Waals surface area (Å²) in [5.41, 5.74) is -0.628. The van der Waals surface area contributed by atoms with E-state index in [0.29, 0.717) is 19.5 Å². The highest BCUT2D eigenvalue weighted by atomic mass is 32.2. The molecule has 1 aliphatic heterocycles. The molecule has 0 aromatic heterocycles. The molecule has 1 saturated heterocycles. The molecule has 7 heteroatoms. The minimum absolute atomic E-state index is 0.124. The van der Waals surface area contributed by atoms with Crippen molar-refractivity contribution in [2.24, 2.45) is 0 Å². The average molecular weight is 334 g/mol. The van der Waals surface area contributed by atoms with Gasteiger partial charge < -0.3 is 10.1 Å². The molecule has 1 unspecified atom stereocenters. The Labute approximate surface area is 134 Å². The molecule has 0 bridgehead atoms. The highest BCUT2D eigenvalue weighted by molar-refractivity contribution is 7.92. The fourth-order valence-electron chi connectivity index (χ4n) is 2.40. The van der Waals surface area contributed by atoms with E-state index in [1.54, 1.807) is 20.8 Å². The zero-order valence-corrected chi connectivity index (χ0v) is 15.0. The fraction of sp³-hybridized carbons (Fsp3) is 0.933. The second kappa shape index (κ2) is 8.15. The van der Waals surface area contributed by atoms with Crippen molar-refractivity contribution in [2.45, 2.75) is 64.4 Å². The van der Waals surface area contributed by atoms with Crippen molar-refractivity contribution in [2.75, 3.05) is 25.4 Å². The van der Waals surface area contributed by atoms with E-state index in [2.05, 4.69) is 12.2 Å². The maximum atomic E-state index is 12.5. The number of ether oxygens (including phenoxy) is 1. The summed E-state index contributed by atoms with van der Waals surface area (Å²) in [5.74, 6) is 0.124. The summed E-state index contributed by atoms with van der Waals surface area (Å²) in [6, 6.07) is 0. The van der Waals surface area contributed by atoms with Crippen LogP contribution in [0.1, 0.15) is 53.4 Å². The number of unbranched alkanes of at least 4 members (excludes halogenated alkanes) is 3. The minimum Gasteiger partial charge on any atom is -0.444 e. The van der Waals surface area contributed by atoms with Crippen LogP contribution in [0.15, 0.2) is 0 Å². The third-order valence-corrected chi connectivity index (χ3v) is 5.63. The molecule has 0 aromatic carbocycles. The van der Waals surface area contributed by atoms with Gasteiger partial charge in [-0.3, -0.25) is 4.90 Å². The first-order valence-electron chi connectivity index (χ1n) is 8.09. The molecule has 0 saturated carbocycles. The second-order valence-electron chi connectivity index (χ2n) is 6.76. The zero-order valence-electron chi connectivity index (χ0n) is 14.2. The van der Waals surface area contributed by atoms with E-state index in [1.165, 1.54) is 4.90 Å². The molecular formula is C15H30N2O4S. The maximum absolute atomic E-state index is 12.5. The van der Waals surface area contributed by atoms with Crippen molar-refractivity contribution in [1.82, 2.24) is 10.2 Å². The summed E-state index contributed by atoms with van der Waals surface area (Å²) in [5, 5.41) is 2.24. The molecular weight excluding hydrogens is 304 g/mol. The summed E-state index contributed by atoms with van der Waals surface area (Å²) >= 11 is 0. The molecule has 1 aliphatic rings. The summed E-state index contributed by atoms with van der Waals surface area (Å²) in [7, 11) is -3.35. The Morgan fingerprint density at radius 2 is 1.95 bits per heavy atom. The van der Waals surface area contributed by atoms with Crippen LogP contribution in [0.3, 0.4) is 0 Å². The van der Waals surface area contributed by atoms with Crippen LogP contribution in [0.5, 0.6) is 0 Å². The van der Waals surface area contributed by atoms with Crippen LogP contribution in [0.4, 0.5) is 4.79 Å². The second-order valence-corrected chi connectivity index (χ2v) is 9.04. The van der Waals surface area contributed by atoms with Gasteiger partial charge in [0.25, 0.3) is 0 Å².